The lowest BCUT2D eigenvalue weighted by Gasteiger charge is -2.17. The summed E-state index contributed by atoms with van der Waals surface area (Å²) in [5, 5.41) is 12.6. The monoisotopic (exact) mass is 157 g/mol. The van der Waals surface area contributed by atoms with Crippen LogP contribution in [0.5, 0.6) is 0 Å². The molecule has 3 heteroatoms. The zero-order chi connectivity index (χ0) is 8.27. The molecule has 1 rings (SSSR count). The molecule has 1 aliphatic heterocycles. The number of ether oxygens (including phenoxy) is 1. The van der Waals surface area contributed by atoms with Crippen LogP contribution in [0, 0.1) is 0 Å². The average Bonchev–Trinajstić information content (AvgIpc) is 2.53. The van der Waals surface area contributed by atoms with Gasteiger partial charge in [-0.05, 0) is 19.5 Å². The minimum atomic E-state index is -0.400. The summed E-state index contributed by atoms with van der Waals surface area (Å²) in [5.41, 5.74) is 0.992. The first kappa shape index (κ1) is 8.56. The first-order valence-electron chi connectivity index (χ1n) is 3.91. The van der Waals surface area contributed by atoms with E-state index < -0.39 is 6.10 Å². The Morgan fingerprint density at radius 3 is 2.91 bits per heavy atom. The van der Waals surface area contributed by atoms with Crippen LogP contribution >= 0.6 is 0 Å². The van der Waals surface area contributed by atoms with E-state index >= 15 is 0 Å². The summed E-state index contributed by atoms with van der Waals surface area (Å²) in [6.07, 6.45) is 2.12. The molecule has 2 N–H and O–H groups in total. The van der Waals surface area contributed by atoms with E-state index in [4.69, 9.17) is 4.74 Å². The smallest absolute Gasteiger partial charge is 0.0933 e. The van der Waals surface area contributed by atoms with Gasteiger partial charge < -0.3 is 15.2 Å². The average molecular weight is 157 g/mol. The van der Waals surface area contributed by atoms with Gasteiger partial charge >= 0.3 is 0 Å². The molecule has 0 aromatic heterocycles. The van der Waals surface area contributed by atoms with Gasteiger partial charge in [0.1, 0.15) is 0 Å². The number of aliphatic hydroxyl groups is 1. The van der Waals surface area contributed by atoms with Gasteiger partial charge in [0.15, 0.2) is 0 Å². The lowest BCUT2D eigenvalue weighted by atomic mass is 10.0. The maximum Gasteiger partial charge on any atom is 0.0933 e. The van der Waals surface area contributed by atoms with Crippen molar-refractivity contribution in [2.75, 3.05) is 13.7 Å². The van der Waals surface area contributed by atoms with Crippen LogP contribution < -0.4 is 5.32 Å². The number of rotatable bonds is 3. The van der Waals surface area contributed by atoms with E-state index in [9.17, 15) is 5.11 Å². The molecule has 0 bridgehead atoms. The molecule has 1 aliphatic rings. The van der Waals surface area contributed by atoms with Gasteiger partial charge in [-0.15, -0.1) is 0 Å². The Hall–Kier alpha value is -0.540. The third-order valence-corrected chi connectivity index (χ3v) is 2.05. The molecule has 2 atom stereocenters. The second-order valence-electron chi connectivity index (χ2n) is 2.84. The molecule has 0 saturated carbocycles. The highest BCUT2D eigenvalue weighted by molar-refractivity contribution is 5.10. The van der Waals surface area contributed by atoms with Crippen molar-refractivity contribution in [3.05, 3.63) is 11.8 Å². The Bertz CT molecular complexity index is 156. The van der Waals surface area contributed by atoms with Crippen LogP contribution in [0.15, 0.2) is 11.8 Å². The lowest BCUT2D eigenvalue weighted by molar-refractivity contribution is 0.170. The fourth-order valence-corrected chi connectivity index (χ4v) is 1.10. The normalized spacial score (nSPS) is 22.3. The second-order valence-corrected chi connectivity index (χ2v) is 2.84. The van der Waals surface area contributed by atoms with E-state index in [1.807, 2.05) is 14.0 Å². The topological polar surface area (TPSA) is 41.5 Å². The Morgan fingerprint density at radius 1 is 1.73 bits per heavy atom. The molecular formula is C8H15NO2. The van der Waals surface area contributed by atoms with Gasteiger partial charge in [0.05, 0.1) is 19.0 Å². The Morgan fingerprint density at radius 2 is 2.45 bits per heavy atom. The maximum absolute atomic E-state index is 9.61. The highest BCUT2D eigenvalue weighted by atomic mass is 16.5. The predicted octanol–water partition coefficient (Wildman–Crippen LogP) is 0.259. The summed E-state index contributed by atoms with van der Waals surface area (Å²) in [7, 11) is 1.84. The molecule has 11 heavy (non-hydrogen) atoms. The molecule has 1 heterocycles. The van der Waals surface area contributed by atoms with E-state index in [0.29, 0.717) is 6.61 Å². The van der Waals surface area contributed by atoms with Gasteiger partial charge in [-0.25, -0.2) is 0 Å². The van der Waals surface area contributed by atoms with Crippen molar-refractivity contribution in [3.63, 3.8) is 0 Å². The first-order chi connectivity index (χ1) is 5.25. The van der Waals surface area contributed by atoms with Crippen molar-refractivity contribution in [2.24, 2.45) is 0 Å². The standard InChI is InChI=1S/C8H15NO2/c1-6(9-2)8(10)7-3-4-11-5-7/h5-6,8-10H,3-4H2,1-2H3/t6-,8?/m0/s1. The quantitative estimate of drug-likeness (QED) is 0.617. The van der Waals surface area contributed by atoms with Crippen LogP contribution in [0.25, 0.3) is 0 Å². The Labute approximate surface area is 67.1 Å². The number of hydrogen-bond acceptors (Lipinski definition) is 3. The second kappa shape index (κ2) is 3.74. The van der Waals surface area contributed by atoms with Crippen LogP contribution in [-0.2, 0) is 4.74 Å². The summed E-state index contributed by atoms with van der Waals surface area (Å²) < 4.78 is 5.02. The van der Waals surface area contributed by atoms with Crippen molar-refractivity contribution in [3.8, 4) is 0 Å². The Kier molecular flexibility index (Phi) is 2.91. The minimum absolute atomic E-state index is 0.1000. The molecule has 64 valence electrons. The number of likely N-dealkylation sites (N-methyl/N-ethyl adjacent to an activating group) is 1. The molecule has 1 unspecified atom stereocenters. The molecule has 0 aromatic rings. The van der Waals surface area contributed by atoms with E-state index in [0.717, 1.165) is 12.0 Å². The number of nitrogens with one attached hydrogen (secondary N) is 1. The summed E-state index contributed by atoms with van der Waals surface area (Å²) in [6, 6.07) is 0.1000. The zero-order valence-electron chi connectivity index (χ0n) is 7.00. The molecule has 0 radical (unpaired) electrons. The molecule has 0 amide bonds. The third-order valence-electron chi connectivity index (χ3n) is 2.05. The molecule has 0 spiro atoms. The summed E-state index contributed by atoms with van der Waals surface area (Å²) in [5.74, 6) is 0. The highest BCUT2D eigenvalue weighted by Gasteiger charge is 2.19. The fraction of sp³-hybridized carbons (Fsp3) is 0.750. The van der Waals surface area contributed by atoms with Gasteiger partial charge in [-0.1, -0.05) is 0 Å². The molecular weight excluding hydrogens is 142 g/mol. The molecule has 0 saturated heterocycles. The molecule has 0 fully saturated rings. The first-order valence-corrected chi connectivity index (χ1v) is 3.91. The largest absolute Gasteiger partial charge is 0.501 e. The minimum Gasteiger partial charge on any atom is -0.501 e. The predicted molar refractivity (Wildman–Crippen MR) is 43.2 cm³/mol. The van der Waals surface area contributed by atoms with Crippen LogP contribution in [0.2, 0.25) is 0 Å². The zero-order valence-corrected chi connectivity index (χ0v) is 7.00. The SMILES string of the molecule is CN[C@@H](C)C(O)C1=COCC1. The van der Waals surface area contributed by atoms with E-state index in [-0.39, 0.29) is 6.04 Å². The van der Waals surface area contributed by atoms with Crippen LogP contribution in [-0.4, -0.2) is 30.9 Å². The van der Waals surface area contributed by atoms with Crippen LogP contribution in [0.1, 0.15) is 13.3 Å². The van der Waals surface area contributed by atoms with Gasteiger partial charge in [-0.2, -0.15) is 0 Å². The van der Waals surface area contributed by atoms with Crippen molar-refractivity contribution in [1.82, 2.24) is 5.32 Å². The van der Waals surface area contributed by atoms with Crippen molar-refractivity contribution < 1.29 is 9.84 Å². The summed E-state index contributed by atoms with van der Waals surface area (Å²) in [6.45, 7) is 2.66. The number of aliphatic hydroxyl groups excluding tert-OH is 1. The van der Waals surface area contributed by atoms with Gasteiger partial charge in [0.25, 0.3) is 0 Å². The van der Waals surface area contributed by atoms with Gasteiger partial charge in [0, 0.05) is 12.5 Å². The van der Waals surface area contributed by atoms with Crippen LogP contribution in [0.3, 0.4) is 0 Å². The Balaban J connectivity index is 2.45. The van der Waals surface area contributed by atoms with E-state index in [1.165, 1.54) is 0 Å². The number of hydrogen-bond donors (Lipinski definition) is 2. The van der Waals surface area contributed by atoms with Crippen molar-refractivity contribution in [2.45, 2.75) is 25.5 Å². The van der Waals surface area contributed by atoms with E-state index in [2.05, 4.69) is 5.32 Å². The lowest BCUT2D eigenvalue weighted by Crippen LogP contribution is -2.35. The fourth-order valence-electron chi connectivity index (χ4n) is 1.10. The molecule has 0 aromatic carbocycles. The third kappa shape index (κ3) is 1.94. The van der Waals surface area contributed by atoms with Crippen molar-refractivity contribution >= 4 is 0 Å². The maximum atomic E-state index is 9.61. The molecule has 0 aliphatic carbocycles. The van der Waals surface area contributed by atoms with Gasteiger partial charge in [0.2, 0.25) is 0 Å². The van der Waals surface area contributed by atoms with Crippen LogP contribution in [0.4, 0.5) is 0 Å². The van der Waals surface area contributed by atoms with Gasteiger partial charge in [-0.3, -0.25) is 0 Å². The summed E-state index contributed by atoms with van der Waals surface area (Å²) >= 11 is 0. The highest BCUT2D eigenvalue weighted by Crippen LogP contribution is 2.16. The van der Waals surface area contributed by atoms with Crippen molar-refractivity contribution in [1.29, 1.82) is 0 Å². The van der Waals surface area contributed by atoms with E-state index in [1.54, 1.807) is 6.26 Å². The summed E-state index contributed by atoms with van der Waals surface area (Å²) in [4.78, 5) is 0. The molecule has 3 nitrogen and oxygen atoms in total.